The lowest BCUT2D eigenvalue weighted by molar-refractivity contribution is -0.0162. The zero-order valence-electron chi connectivity index (χ0n) is 14.0. The third-order valence-corrected chi connectivity index (χ3v) is 3.22. The Labute approximate surface area is 138 Å². The smallest absolute Gasteiger partial charge is 0.123 e. The van der Waals surface area contributed by atoms with Gasteiger partial charge in [-0.2, -0.15) is 0 Å². The Morgan fingerprint density at radius 3 is 2.61 bits per heavy atom. The second-order valence-electron chi connectivity index (χ2n) is 6.23. The standard InChI is InChI=1S/C19H24N2O2/c1-5-14-6-7-16(22-10-11-23-19(2,3)4)13-17(14)15-8-9-21-18(20)12-15/h5-9,12-13H,1,10-11H2,2-4H3,(H2,20,21). The molecule has 0 unspecified atom stereocenters. The molecule has 0 fully saturated rings. The van der Waals surface area contributed by atoms with Crippen LogP contribution in [0.3, 0.4) is 0 Å². The van der Waals surface area contributed by atoms with E-state index in [0.29, 0.717) is 19.0 Å². The van der Waals surface area contributed by atoms with Crippen LogP contribution < -0.4 is 10.5 Å². The van der Waals surface area contributed by atoms with Crippen molar-refractivity contribution in [3.63, 3.8) is 0 Å². The van der Waals surface area contributed by atoms with Gasteiger partial charge < -0.3 is 15.2 Å². The van der Waals surface area contributed by atoms with Crippen LogP contribution >= 0.6 is 0 Å². The summed E-state index contributed by atoms with van der Waals surface area (Å²) in [5, 5.41) is 0. The Balaban J connectivity index is 2.14. The Morgan fingerprint density at radius 2 is 1.96 bits per heavy atom. The van der Waals surface area contributed by atoms with Gasteiger partial charge in [-0.05, 0) is 61.7 Å². The van der Waals surface area contributed by atoms with Crippen LogP contribution in [0.25, 0.3) is 17.2 Å². The van der Waals surface area contributed by atoms with Crippen LogP contribution in [0.2, 0.25) is 0 Å². The normalized spacial score (nSPS) is 11.3. The van der Waals surface area contributed by atoms with Crippen LogP contribution in [0, 0.1) is 0 Å². The maximum atomic E-state index is 5.79. The molecule has 1 heterocycles. The largest absolute Gasteiger partial charge is 0.491 e. The highest BCUT2D eigenvalue weighted by Crippen LogP contribution is 2.29. The van der Waals surface area contributed by atoms with Crippen LogP contribution in [0.15, 0.2) is 43.1 Å². The molecule has 0 spiro atoms. The first-order chi connectivity index (χ1) is 10.9. The highest BCUT2D eigenvalue weighted by Gasteiger charge is 2.10. The van der Waals surface area contributed by atoms with Crippen LogP contribution in [-0.4, -0.2) is 23.8 Å². The molecule has 0 aliphatic carbocycles. The fraction of sp³-hybridized carbons (Fsp3) is 0.316. The van der Waals surface area contributed by atoms with Crippen LogP contribution in [0.5, 0.6) is 5.75 Å². The Kier molecular flexibility index (Phi) is 5.40. The van der Waals surface area contributed by atoms with E-state index in [1.54, 1.807) is 6.20 Å². The molecule has 0 atom stereocenters. The first kappa shape index (κ1) is 17.0. The molecule has 0 amide bonds. The monoisotopic (exact) mass is 312 g/mol. The maximum Gasteiger partial charge on any atom is 0.123 e. The molecular weight excluding hydrogens is 288 g/mol. The lowest BCUT2D eigenvalue weighted by Gasteiger charge is -2.19. The van der Waals surface area contributed by atoms with Crippen LogP contribution in [0.1, 0.15) is 26.3 Å². The molecule has 1 aromatic carbocycles. The number of rotatable bonds is 6. The number of hydrogen-bond acceptors (Lipinski definition) is 4. The Hall–Kier alpha value is -2.33. The average molecular weight is 312 g/mol. The SMILES string of the molecule is C=Cc1ccc(OCCOC(C)(C)C)cc1-c1ccnc(N)c1. The third kappa shape index (κ3) is 5.11. The van der Waals surface area contributed by atoms with E-state index in [0.717, 1.165) is 22.4 Å². The van der Waals surface area contributed by atoms with Gasteiger partial charge in [-0.3, -0.25) is 0 Å². The quantitative estimate of drug-likeness (QED) is 0.813. The van der Waals surface area contributed by atoms with Crippen molar-refractivity contribution >= 4 is 11.9 Å². The minimum Gasteiger partial charge on any atom is -0.491 e. The molecule has 23 heavy (non-hydrogen) atoms. The number of benzene rings is 1. The van der Waals surface area contributed by atoms with Gasteiger partial charge >= 0.3 is 0 Å². The zero-order valence-corrected chi connectivity index (χ0v) is 14.0. The van der Waals surface area contributed by atoms with E-state index < -0.39 is 0 Å². The van der Waals surface area contributed by atoms with Crippen molar-refractivity contribution in [2.24, 2.45) is 0 Å². The molecule has 0 saturated carbocycles. The summed E-state index contributed by atoms with van der Waals surface area (Å²) in [5.74, 6) is 1.28. The number of aromatic nitrogens is 1. The first-order valence-corrected chi connectivity index (χ1v) is 7.64. The van der Waals surface area contributed by atoms with E-state index in [1.807, 2.05) is 57.2 Å². The second kappa shape index (κ2) is 7.29. The van der Waals surface area contributed by atoms with Gasteiger partial charge in [-0.1, -0.05) is 18.7 Å². The van der Waals surface area contributed by atoms with E-state index in [-0.39, 0.29) is 5.60 Å². The van der Waals surface area contributed by atoms with Gasteiger partial charge in [0.25, 0.3) is 0 Å². The third-order valence-electron chi connectivity index (χ3n) is 3.22. The van der Waals surface area contributed by atoms with E-state index in [9.17, 15) is 0 Å². The van der Waals surface area contributed by atoms with Crippen molar-refractivity contribution < 1.29 is 9.47 Å². The number of ether oxygens (including phenoxy) is 2. The van der Waals surface area contributed by atoms with E-state index in [1.165, 1.54) is 0 Å². The predicted octanol–water partition coefficient (Wildman–Crippen LogP) is 4.17. The number of nitrogens with zero attached hydrogens (tertiary/aromatic N) is 1. The van der Waals surface area contributed by atoms with Crippen LogP contribution in [-0.2, 0) is 4.74 Å². The number of pyridine rings is 1. The minimum absolute atomic E-state index is 0.157. The lowest BCUT2D eigenvalue weighted by Crippen LogP contribution is -2.22. The van der Waals surface area contributed by atoms with E-state index in [2.05, 4.69) is 11.6 Å². The molecule has 0 saturated heterocycles. The predicted molar refractivity (Wildman–Crippen MR) is 95.4 cm³/mol. The van der Waals surface area contributed by atoms with E-state index >= 15 is 0 Å². The lowest BCUT2D eigenvalue weighted by atomic mass is 10.00. The molecule has 2 N–H and O–H groups in total. The summed E-state index contributed by atoms with van der Waals surface area (Å²) in [4.78, 5) is 4.03. The van der Waals surface area contributed by atoms with Crippen molar-refractivity contribution in [1.82, 2.24) is 4.98 Å². The highest BCUT2D eigenvalue weighted by atomic mass is 16.5. The van der Waals surface area contributed by atoms with Crippen molar-refractivity contribution in [3.8, 4) is 16.9 Å². The van der Waals surface area contributed by atoms with Crippen molar-refractivity contribution in [2.45, 2.75) is 26.4 Å². The van der Waals surface area contributed by atoms with Gasteiger partial charge in [-0.25, -0.2) is 4.98 Å². The number of hydrogen-bond donors (Lipinski definition) is 1. The Bertz CT molecular complexity index is 675. The molecule has 122 valence electrons. The van der Waals surface area contributed by atoms with Crippen molar-refractivity contribution in [3.05, 3.63) is 48.7 Å². The van der Waals surface area contributed by atoms with Gasteiger partial charge in [0.05, 0.1) is 12.2 Å². The molecule has 4 heteroatoms. The van der Waals surface area contributed by atoms with Crippen molar-refractivity contribution in [2.75, 3.05) is 18.9 Å². The number of nitrogens with two attached hydrogens (primary N) is 1. The summed E-state index contributed by atoms with van der Waals surface area (Å²) in [7, 11) is 0. The molecule has 4 nitrogen and oxygen atoms in total. The summed E-state index contributed by atoms with van der Waals surface area (Å²) >= 11 is 0. The maximum absolute atomic E-state index is 5.79. The number of anilines is 1. The molecule has 0 aliphatic heterocycles. The van der Waals surface area contributed by atoms with Gasteiger partial charge in [0.2, 0.25) is 0 Å². The van der Waals surface area contributed by atoms with E-state index in [4.69, 9.17) is 15.2 Å². The summed E-state index contributed by atoms with van der Waals surface area (Å²) in [6.45, 7) is 11.0. The Morgan fingerprint density at radius 1 is 1.17 bits per heavy atom. The average Bonchev–Trinajstić information content (AvgIpc) is 2.50. The van der Waals surface area contributed by atoms with Crippen molar-refractivity contribution in [1.29, 1.82) is 0 Å². The molecule has 2 aromatic rings. The fourth-order valence-corrected chi connectivity index (χ4v) is 2.18. The zero-order chi connectivity index (χ0) is 16.9. The summed E-state index contributed by atoms with van der Waals surface area (Å²) in [6, 6.07) is 9.67. The topological polar surface area (TPSA) is 57.4 Å². The summed E-state index contributed by atoms with van der Waals surface area (Å²) < 4.78 is 11.4. The second-order valence-corrected chi connectivity index (χ2v) is 6.23. The molecule has 0 radical (unpaired) electrons. The molecule has 0 aliphatic rings. The summed E-state index contributed by atoms with van der Waals surface area (Å²) in [6.07, 6.45) is 3.51. The van der Waals surface area contributed by atoms with Gasteiger partial charge in [0.1, 0.15) is 18.2 Å². The molecule has 2 rings (SSSR count). The molecule has 0 bridgehead atoms. The van der Waals surface area contributed by atoms with Gasteiger partial charge in [0, 0.05) is 6.20 Å². The first-order valence-electron chi connectivity index (χ1n) is 7.64. The van der Waals surface area contributed by atoms with Crippen LogP contribution in [0.4, 0.5) is 5.82 Å². The van der Waals surface area contributed by atoms with Gasteiger partial charge in [-0.15, -0.1) is 0 Å². The van der Waals surface area contributed by atoms with Gasteiger partial charge in [0.15, 0.2) is 0 Å². The molecule has 1 aromatic heterocycles. The fourth-order valence-electron chi connectivity index (χ4n) is 2.18. The molecular formula is C19H24N2O2. The minimum atomic E-state index is -0.157. The highest BCUT2D eigenvalue weighted by molar-refractivity contribution is 5.77. The summed E-state index contributed by atoms with van der Waals surface area (Å²) in [5.41, 5.74) is 8.65. The number of nitrogen functional groups attached to an aromatic ring is 1.